The molecule has 1 unspecified atom stereocenters. The van der Waals surface area contributed by atoms with Gasteiger partial charge in [-0.2, -0.15) is 0 Å². The Morgan fingerprint density at radius 1 is 1.32 bits per heavy atom. The lowest BCUT2D eigenvalue weighted by atomic mass is 10.0. The number of halogens is 1. The standard InChI is InChI=1S/C15H20IN3/c1-3-17-14(12-4-6-13(16)7-5-12)8-9-15-18-10-11-19(15)2/h4-7,10-11,14,17H,3,8-9H2,1-2H3. The van der Waals surface area contributed by atoms with Crippen molar-refractivity contribution in [2.24, 2.45) is 7.05 Å². The zero-order chi connectivity index (χ0) is 13.7. The highest BCUT2D eigenvalue weighted by Crippen LogP contribution is 2.20. The predicted octanol–water partition coefficient (Wildman–Crippen LogP) is 3.31. The van der Waals surface area contributed by atoms with Crippen LogP contribution < -0.4 is 5.32 Å². The monoisotopic (exact) mass is 369 g/mol. The Hall–Kier alpha value is -0.880. The Morgan fingerprint density at radius 2 is 2.05 bits per heavy atom. The van der Waals surface area contributed by atoms with Crippen molar-refractivity contribution in [2.45, 2.75) is 25.8 Å². The first-order valence-electron chi connectivity index (χ1n) is 6.65. The molecule has 0 saturated carbocycles. The van der Waals surface area contributed by atoms with Gasteiger partial charge in [0.15, 0.2) is 0 Å². The van der Waals surface area contributed by atoms with E-state index in [9.17, 15) is 0 Å². The van der Waals surface area contributed by atoms with E-state index in [1.54, 1.807) is 0 Å². The summed E-state index contributed by atoms with van der Waals surface area (Å²) in [4.78, 5) is 4.39. The third-order valence-corrected chi connectivity index (χ3v) is 4.02. The van der Waals surface area contributed by atoms with Gasteiger partial charge >= 0.3 is 0 Å². The number of aryl methyl sites for hydroxylation is 2. The fourth-order valence-corrected chi connectivity index (χ4v) is 2.60. The van der Waals surface area contributed by atoms with Gasteiger partial charge in [-0.3, -0.25) is 0 Å². The summed E-state index contributed by atoms with van der Waals surface area (Å²) in [5, 5.41) is 3.56. The van der Waals surface area contributed by atoms with Crippen LogP contribution in [0.15, 0.2) is 36.7 Å². The van der Waals surface area contributed by atoms with Crippen LogP contribution in [0.1, 0.15) is 30.8 Å². The summed E-state index contributed by atoms with van der Waals surface area (Å²) in [6.45, 7) is 3.14. The van der Waals surface area contributed by atoms with Gasteiger partial charge in [-0.05, 0) is 53.3 Å². The van der Waals surface area contributed by atoms with Crippen LogP contribution in [-0.4, -0.2) is 16.1 Å². The number of benzene rings is 1. The molecule has 1 atom stereocenters. The first-order valence-corrected chi connectivity index (χ1v) is 7.73. The highest BCUT2D eigenvalue weighted by molar-refractivity contribution is 14.1. The molecule has 4 heteroatoms. The second-order valence-electron chi connectivity index (χ2n) is 4.65. The van der Waals surface area contributed by atoms with Gasteiger partial charge in [0, 0.05) is 35.5 Å². The quantitative estimate of drug-likeness (QED) is 0.792. The zero-order valence-corrected chi connectivity index (χ0v) is 13.6. The molecule has 0 aliphatic carbocycles. The molecule has 0 saturated heterocycles. The molecule has 0 aliphatic heterocycles. The normalized spacial score (nSPS) is 12.6. The molecule has 0 aliphatic rings. The molecule has 2 aromatic rings. The van der Waals surface area contributed by atoms with Gasteiger partial charge in [0.05, 0.1) is 0 Å². The van der Waals surface area contributed by atoms with Crippen LogP contribution in [0, 0.1) is 3.57 Å². The van der Waals surface area contributed by atoms with E-state index in [1.807, 2.05) is 12.4 Å². The third kappa shape index (κ3) is 4.04. The Labute approximate surface area is 128 Å². The van der Waals surface area contributed by atoms with Crippen molar-refractivity contribution in [2.75, 3.05) is 6.54 Å². The molecular weight excluding hydrogens is 349 g/mol. The second kappa shape index (κ2) is 7.05. The maximum atomic E-state index is 4.39. The molecule has 1 aromatic carbocycles. The fourth-order valence-electron chi connectivity index (χ4n) is 2.24. The summed E-state index contributed by atoms with van der Waals surface area (Å²) in [6.07, 6.45) is 5.93. The number of imidazole rings is 1. The number of hydrogen-bond acceptors (Lipinski definition) is 2. The minimum Gasteiger partial charge on any atom is -0.338 e. The number of aromatic nitrogens is 2. The zero-order valence-electron chi connectivity index (χ0n) is 11.4. The molecule has 0 amide bonds. The molecule has 0 radical (unpaired) electrons. The predicted molar refractivity (Wildman–Crippen MR) is 87.1 cm³/mol. The third-order valence-electron chi connectivity index (χ3n) is 3.30. The highest BCUT2D eigenvalue weighted by atomic mass is 127. The largest absolute Gasteiger partial charge is 0.338 e. The first kappa shape index (κ1) is 14.5. The van der Waals surface area contributed by atoms with Gasteiger partial charge in [-0.1, -0.05) is 19.1 Å². The molecule has 0 spiro atoms. The summed E-state index contributed by atoms with van der Waals surface area (Å²) in [6, 6.07) is 9.17. The summed E-state index contributed by atoms with van der Waals surface area (Å²) in [7, 11) is 2.05. The molecule has 19 heavy (non-hydrogen) atoms. The fraction of sp³-hybridized carbons (Fsp3) is 0.400. The maximum Gasteiger partial charge on any atom is 0.108 e. The molecule has 3 nitrogen and oxygen atoms in total. The van der Waals surface area contributed by atoms with Crippen molar-refractivity contribution in [1.82, 2.24) is 14.9 Å². The Balaban J connectivity index is 2.04. The molecule has 0 fully saturated rings. The molecule has 1 aromatic heterocycles. The smallest absolute Gasteiger partial charge is 0.108 e. The lowest BCUT2D eigenvalue weighted by Crippen LogP contribution is -2.21. The Bertz CT molecular complexity index is 504. The Morgan fingerprint density at radius 3 is 2.63 bits per heavy atom. The lowest BCUT2D eigenvalue weighted by molar-refractivity contribution is 0.505. The van der Waals surface area contributed by atoms with E-state index in [0.717, 1.165) is 25.2 Å². The van der Waals surface area contributed by atoms with Crippen LogP contribution in [-0.2, 0) is 13.5 Å². The van der Waals surface area contributed by atoms with Crippen LogP contribution in [0.3, 0.4) is 0 Å². The van der Waals surface area contributed by atoms with E-state index in [2.05, 4.69) is 75.7 Å². The number of nitrogens with one attached hydrogen (secondary N) is 1. The van der Waals surface area contributed by atoms with Gasteiger partial charge in [-0.25, -0.2) is 4.98 Å². The van der Waals surface area contributed by atoms with Crippen LogP contribution in [0.5, 0.6) is 0 Å². The highest BCUT2D eigenvalue weighted by Gasteiger charge is 2.11. The SMILES string of the molecule is CCNC(CCc1nccn1C)c1ccc(I)cc1. The van der Waals surface area contributed by atoms with Crippen LogP contribution in [0.4, 0.5) is 0 Å². The molecular formula is C15H20IN3. The summed E-state index contributed by atoms with van der Waals surface area (Å²) in [5.41, 5.74) is 1.36. The molecule has 1 N–H and O–H groups in total. The van der Waals surface area contributed by atoms with Gasteiger partial charge in [0.1, 0.15) is 5.82 Å². The van der Waals surface area contributed by atoms with E-state index in [0.29, 0.717) is 6.04 Å². The first-order chi connectivity index (χ1) is 9.20. The minimum atomic E-state index is 0.402. The number of hydrogen-bond donors (Lipinski definition) is 1. The molecule has 0 bridgehead atoms. The van der Waals surface area contributed by atoms with Gasteiger partial charge in [0.2, 0.25) is 0 Å². The van der Waals surface area contributed by atoms with Crippen molar-refractivity contribution in [3.05, 3.63) is 51.6 Å². The van der Waals surface area contributed by atoms with Crippen LogP contribution in [0.2, 0.25) is 0 Å². The number of rotatable bonds is 6. The molecule has 2 rings (SSSR count). The van der Waals surface area contributed by atoms with E-state index in [1.165, 1.54) is 9.13 Å². The van der Waals surface area contributed by atoms with Crippen molar-refractivity contribution in [3.8, 4) is 0 Å². The van der Waals surface area contributed by atoms with E-state index >= 15 is 0 Å². The van der Waals surface area contributed by atoms with E-state index in [-0.39, 0.29) is 0 Å². The van der Waals surface area contributed by atoms with Crippen LogP contribution >= 0.6 is 22.6 Å². The lowest BCUT2D eigenvalue weighted by Gasteiger charge is -2.18. The van der Waals surface area contributed by atoms with Crippen molar-refractivity contribution in [1.29, 1.82) is 0 Å². The topological polar surface area (TPSA) is 29.9 Å². The van der Waals surface area contributed by atoms with Crippen molar-refractivity contribution >= 4 is 22.6 Å². The summed E-state index contributed by atoms with van der Waals surface area (Å²) < 4.78 is 3.37. The molecule has 1 heterocycles. The average Bonchev–Trinajstić information content (AvgIpc) is 2.81. The minimum absolute atomic E-state index is 0.402. The summed E-state index contributed by atoms with van der Waals surface area (Å²) >= 11 is 2.34. The van der Waals surface area contributed by atoms with Gasteiger partial charge in [-0.15, -0.1) is 0 Å². The maximum absolute atomic E-state index is 4.39. The van der Waals surface area contributed by atoms with Gasteiger partial charge in [0.25, 0.3) is 0 Å². The Kier molecular flexibility index (Phi) is 5.39. The van der Waals surface area contributed by atoms with E-state index < -0.39 is 0 Å². The second-order valence-corrected chi connectivity index (χ2v) is 5.90. The van der Waals surface area contributed by atoms with E-state index in [4.69, 9.17) is 0 Å². The van der Waals surface area contributed by atoms with Crippen molar-refractivity contribution in [3.63, 3.8) is 0 Å². The van der Waals surface area contributed by atoms with Gasteiger partial charge < -0.3 is 9.88 Å². The average molecular weight is 369 g/mol. The summed E-state index contributed by atoms with van der Waals surface area (Å²) in [5.74, 6) is 1.15. The van der Waals surface area contributed by atoms with Crippen molar-refractivity contribution < 1.29 is 0 Å². The number of nitrogens with zero attached hydrogens (tertiary/aromatic N) is 2. The van der Waals surface area contributed by atoms with Crippen LogP contribution in [0.25, 0.3) is 0 Å². The molecule has 102 valence electrons.